The quantitative estimate of drug-likeness (QED) is 0.727. The number of nitrogens with zero attached hydrogens (tertiary/aromatic N) is 2. The summed E-state index contributed by atoms with van der Waals surface area (Å²) in [5, 5.41) is 4.97. The maximum absolute atomic E-state index is 6.44. The monoisotopic (exact) mass is 326 g/mol. The van der Waals surface area contributed by atoms with Gasteiger partial charge in [0.25, 0.3) is 0 Å². The number of hydrogen-bond donors (Lipinski definition) is 2. The lowest BCUT2D eigenvalue weighted by Gasteiger charge is -2.05. The zero-order valence-electron chi connectivity index (χ0n) is 13.3. The van der Waals surface area contributed by atoms with Crippen molar-refractivity contribution in [3.63, 3.8) is 0 Å². The molecule has 2 aromatic heterocycles. The molecule has 1 aromatic carbocycles. The Kier molecular flexibility index (Phi) is 4.35. The smallest absolute Gasteiger partial charge is 0.0901 e. The molecule has 0 spiro atoms. The van der Waals surface area contributed by atoms with Crippen LogP contribution in [-0.4, -0.2) is 15.0 Å². The second kappa shape index (κ2) is 6.42. The second-order valence-electron chi connectivity index (χ2n) is 5.59. The van der Waals surface area contributed by atoms with Crippen LogP contribution in [0, 0.1) is 0 Å². The van der Waals surface area contributed by atoms with Gasteiger partial charge in [0.15, 0.2) is 0 Å². The first kappa shape index (κ1) is 15.6. The van der Waals surface area contributed by atoms with E-state index >= 15 is 0 Å². The maximum atomic E-state index is 6.44. The van der Waals surface area contributed by atoms with Crippen LogP contribution in [0.4, 0.5) is 0 Å². The topological polar surface area (TPSA) is 53.6 Å². The Hall–Kier alpha value is -2.33. The minimum absolute atomic E-state index is 0.675. The van der Waals surface area contributed by atoms with Gasteiger partial charge in [-0.05, 0) is 31.5 Å². The number of nitrogens with one attached hydrogen (secondary N) is 2. The summed E-state index contributed by atoms with van der Waals surface area (Å²) in [5.74, 6) is 0. The van der Waals surface area contributed by atoms with Gasteiger partial charge in [0.1, 0.15) is 0 Å². The number of halogens is 1. The number of aromatic nitrogens is 3. The Morgan fingerprint density at radius 2 is 2.09 bits per heavy atom. The van der Waals surface area contributed by atoms with Gasteiger partial charge in [0.05, 0.1) is 29.2 Å². The highest BCUT2D eigenvalue weighted by Crippen LogP contribution is 2.31. The predicted octanol–water partition coefficient (Wildman–Crippen LogP) is 4.46. The average Bonchev–Trinajstić information content (AvgIpc) is 2.94. The molecule has 0 saturated heterocycles. The van der Waals surface area contributed by atoms with Crippen LogP contribution in [0.1, 0.15) is 25.2 Å². The molecule has 0 aliphatic heterocycles. The Bertz CT molecular complexity index is 849. The number of allylic oxidation sites excluding steroid dienone is 1. The second-order valence-corrected chi connectivity index (χ2v) is 6.00. The Balaban J connectivity index is 1.97. The third-order valence-electron chi connectivity index (χ3n) is 3.69. The highest BCUT2D eigenvalue weighted by molar-refractivity contribution is 6.34. The fraction of sp³-hybridized carbons (Fsp3) is 0.222. The largest absolute Gasteiger partial charge is 0.383 e. The van der Waals surface area contributed by atoms with E-state index < -0.39 is 0 Å². The van der Waals surface area contributed by atoms with Crippen LogP contribution in [0.5, 0.6) is 0 Å². The van der Waals surface area contributed by atoms with Crippen molar-refractivity contribution in [2.75, 3.05) is 0 Å². The molecule has 0 radical (unpaired) electrons. The van der Waals surface area contributed by atoms with Crippen LogP contribution in [0.15, 0.2) is 42.9 Å². The zero-order chi connectivity index (χ0) is 16.4. The molecule has 0 aliphatic carbocycles. The first-order valence-electron chi connectivity index (χ1n) is 7.58. The molecule has 0 unspecified atom stereocenters. The summed E-state index contributed by atoms with van der Waals surface area (Å²) in [7, 11) is 0. The molecule has 0 saturated carbocycles. The first-order chi connectivity index (χ1) is 11.1. The number of hydrogen-bond acceptors (Lipinski definition) is 3. The van der Waals surface area contributed by atoms with E-state index in [0.717, 1.165) is 45.7 Å². The summed E-state index contributed by atoms with van der Waals surface area (Å²) in [6.45, 7) is 8.55. The van der Waals surface area contributed by atoms with E-state index in [9.17, 15) is 0 Å². The molecule has 5 heteroatoms. The van der Waals surface area contributed by atoms with Crippen LogP contribution < -0.4 is 5.32 Å². The van der Waals surface area contributed by atoms with Crippen molar-refractivity contribution < 1.29 is 0 Å². The van der Waals surface area contributed by atoms with Crippen molar-refractivity contribution in [2.45, 2.75) is 26.8 Å². The van der Waals surface area contributed by atoms with Gasteiger partial charge in [-0.1, -0.05) is 25.1 Å². The Labute approximate surface area is 140 Å². The number of H-pyrrole nitrogens is 1. The third kappa shape index (κ3) is 3.37. The van der Waals surface area contributed by atoms with Crippen LogP contribution in [0.25, 0.3) is 22.2 Å². The molecule has 0 atom stereocenters. The molecule has 0 aliphatic rings. The molecule has 0 amide bonds. The van der Waals surface area contributed by atoms with Crippen molar-refractivity contribution in [1.29, 1.82) is 0 Å². The molecule has 2 heterocycles. The third-order valence-corrected chi connectivity index (χ3v) is 4.00. The summed E-state index contributed by atoms with van der Waals surface area (Å²) in [6, 6.07) is 6.08. The highest BCUT2D eigenvalue weighted by Gasteiger charge is 2.10. The summed E-state index contributed by atoms with van der Waals surface area (Å²) >= 11 is 6.44. The van der Waals surface area contributed by atoms with Gasteiger partial charge >= 0.3 is 0 Å². The van der Waals surface area contributed by atoms with Crippen molar-refractivity contribution in [2.24, 2.45) is 0 Å². The number of fused-ring (bicyclic) bond motifs is 1. The molecule has 118 valence electrons. The number of rotatable bonds is 5. The predicted molar refractivity (Wildman–Crippen MR) is 95.4 cm³/mol. The molecular formula is C18H19ClN4. The van der Waals surface area contributed by atoms with E-state index in [1.54, 1.807) is 12.4 Å². The van der Waals surface area contributed by atoms with E-state index in [2.05, 4.69) is 39.8 Å². The lowest BCUT2D eigenvalue weighted by molar-refractivity contribution is 0.798. The number of aryl methyl sites for hydroxylation is 1. The molecule has 3 rings (SSSR count). The molecule has 4 nitrogen and oxygen atoms in total. The van der Waals surface area contributed by atoms with Crippen molar-refractivity contribution >= 4 is 22.5 Å². The fourth-order valence-corrected chi connectivity index (χ4v) is 2.70. The summed E-state index contributed by atoms with van der Waals surface area (Å²) in [6.07, 6.45) is 4.45. The summed E-state index contributed by atoms with van der Waals surface area (Å²) < 4.78 is 0. The molecule has 0 fully saturated rings. The molecule has 23 heavy (non-hydrogen) atoms. The van der Waals surface area contributed by atoms with Gasteiger partial charge in [0.2, 0.25) is 0 Å². The number of aromatic amines is 1. The van der Waals surface area contributed by atoms with Gasteiger partial charge in [-0.2, -0.15) is 0 Å². The van der Waals surface area contributed by atoms with Crippen molar-refractivity contribution in [3.8, 4) is 11.3 Å². The minimum Gasteiger partial charge on any atom is -0.383 e. The number of benzene rings is 1. The molecule has 0 bridgehead atoms. The van der Waals surface area contributed by atoms with Crippen LogP contribution >= 0.6 is 11.6 Å². The first-order valence-corrected chi connectivity index (χ1v) is 7.96. The molecule has 3 aromatic rings. The highest BCUT2D eigenvalue weighted by atomic mass is 35.5. The Morgan fingerprint density at radius 3 is 2.74 bits per heavy atom. The maximum Gasteiger partial charge on any atom is 0.0901 e. The fourth-order valence-electron chi connectivity index (χ4n) is 2.43. The SMILES string of the molecule is C=C(C)NCc1cc2cc(Cl)c(-c3cnc(CC)cn3)cc2[nH]1. The van der Waals surface area contributed by atoms with Gasteiger partial charge in [-0.25, -0.2) is 0 Å². The lowest BCUT2D eigenvalue weighted by atomic mass is 10.1. The van der Waals surface area contributed by atoms with Gasteiger partial charge in [0, 0.05) is 34.1 Å². The van der Waals surface area contributed by atoms with Crippen LogP contribution in [0.3, 0.4) is 0 Å². The Morgan fingerprint density at radius 1 is 1.26 bits per heavy atom. The van der Waals surface area contributed by atoms with Crippen LogP contribution in [0.2, 0.25) is 5.02 Å². The van der Waals surface area contributed by atoms with E-state index in [1.807, 2.05) is 19.1 Å². The zero-order valence-corrected chi connectivity index (χ0v) is 14.0. The molecule has 2 N–H and O–H groups in total. The lowest BCUT2D eigenvalue weighted by Crippen LogP contribution is -2.09. The van der Waals surface area contributed by atoms with Crippen molar-refractivity contribution in [3.05, 3.63) is 59.3 Å². The van der Waals surface area contributed by atoms with E-state index in [4.69, 9.17) is 11.6 Å². The van der Waals surface area contributed by atoms with Crippen LogP contribution in [-0.2, 0) is 13.0 Å². The minimum atomic E-state index is 0.675. The molecular weight excluding hydrogens is 308 g/mol. The summed E-state index contributed by atoms with van der Waals surface area (Å²) in [5.41, 5.74) is 5.70. The van der Waals surface area contributed by atoms with E-state index in [0.29, 0.717) is 11.6 Å². The van der Waals surface area contributed by atoms with Gasteiger partial charge < -0.3 is 10.3 Å². The standard InChI is InChI=1S/C18H19ClN4/c1-4-13-8-22-18(10-21-13)15-7-17-12(6-16(15)19)5-14(23-17)9-20-11(2)3/h5-8,10,20,23H,2,4,9H2,1,3H3. The van der Waals surface area contributed by atoms with Gasteiger partial charge in [-0.3, -0.25) is 9.97 Å². The van der Waals surface area contributed by atoms with E-state index in [-0.39, 0.29) is 0 Å². The summed E-state index contributed by atoms with van der Waals surface area (Å²) in [4.78, 5) is 12.3. The van der Waals surface area contributed by atoms with E-state index in [1.165, 1.54) is 0 Å². The average molecular weight is 327 g/mol. The normalized spacial score (nSPS) is 10.9. The van der Waals surface area contributed by atoms with Gasteiger partial charge in [-0.15, -0.1) is 0 Å². The van der Waals surface area contributed by atoms with Crippen molar-refractivity contribution in [1.82, 2.24) is 20.3 Å².